The van der Waals surface area contributed by atoms with Crippen LogP contribution in [-0.2, 0) is 27.3 Å². The standard InChI is InChI=1S/2C6H3F2.Cd/c2*7-5-2-1-3-6(8)4-5;/h2*1-3H;/q2*-1;+2. The molecule has 0 spiro atoms. The average Bonchev–Trinajstić information content (AvgIpc) is 2.17. The van der Waals surface area contributed by atoms with Crippen LogP contribution in [0.15, 0.2) is 36.4 Å². The molecule has 0 aliphatic heterocycles. The van der Waals surface area contributed by atoms with Gasteiger partial charge in [-0.3, -0.25) is 0 Å². The van der Waals surface area contributed by atoms with Crippen molar-refractivity contribution in [2.45, 2.75) is 0 Å². The van der Waals surface area contributed by atoms with Gasteiger partial charge in [-0.2, -0.15) is 12.1 Å². The Balaban J connectivity index is 0.000000284. The Morgan fingerprint density at radius 3 is 0.941 bits per heavy atom. The Morgan fingerprint density at radius 2 is 0.824 bits per heavy atom. The zero-order valence-corrected chi connectivity index (χ0v) is 12.7. The first-order valence-corrected chi connectivity index (χ1v) is 4.24. The molecule has 84 valence electrons. The first kappa shape index (κ1) is 16.1. The van der Waals surface area contributed by atoms with Crippen LogP contribution in [0.2, 0.25) is 0 Å². The van der Waals surface area contributed by atoms with E-state index < -0.39 is 23.3 Å². The predicted molar refractivity (Wildman–Crippen MR) is 50.4 cm³/mol. The molecule has 0 amide bonds. The largest absolute Gasteiger partial charge is 2.00 e. The fourth-order valence-corrected chi connectivity index (χ4v) is 0.829. The van der Waals surface area contributed by atoms with E-state index in [1.165, 1.54) is 12.1 Å². The molecular weight excluding hydrogens is 333 g/mol. The quantitative estimate of drug-likeness (QED) is 0.392. The third-order valence-electron chi connectivity index (χ3n) is 1.45. The molecule has 0 N–H and O–H groups in total. The van der Waals surface area contributed by atoms with Gasteiger partial charge < -0.3 is 0 Å². The molecule has 0 heterocycles. The maximum absolute atomic E-state index is 11.9. The molecule has 2 aromatic rings. The average molecular weight is 339 g/mol. The van der Waals surface area contributed by atoms with E-state index in [-0.39, 0.29) is 27.3 Å². The van der Waals surface area contributed by atoms with E-state index in [1.807, 2.05) is 12.1 Å². The summed E-state index contributed by atoms with van der Waals surface area (Å²) in [6.07, 6.45) is 0. The molecule has 0 atom stereocenters. The van der Waals surface area contributed by atoms with Crippen LogP contribution in [0.1, 0.15) is 0 Å². The van der Waals surface area contributed by atoms with Crippen LogP contribution in [-0.4, -0.2) is 0 Å². The predicted octanol–water partition coefficient (Wildman–Crippen LogP) is 3.53. The van der Waals surface area contributed by atoms with Crippen molar-refractivity contribution in [1.82, 2.24) is 0 Å². The smallest absolute Gasteiger partial charge is 0.236 e. The fraction of sp³-hybridized carbons (Fsp3) is 0. The number of benzene rings is 2. The van der Waals surface area contributed by atoms with Gasteiger partial charge in [0.05, 0.1) is 0 Å². The Labute approximate surface area is 116 Å². The number of halogens is 4. The van der Waals surface area contributed by atoms with Crippen molar-refractivity contribution in [3.8, 4) is 0 Å². The zero-order chi connectivity index (χ0) is 12.0. The first-order valence-electron chi connectivity index (χ1n) is 4.24. The van der Waals surface area contributed by atoms with Gasteiger partial charge in [-0.25, -0.2) is 17.6 Å². The zero-order valence-electron chi connectivity index (χ0n) is 8.68. The van der Waals surface area contributed by atoms with Crippen LogP contribution in [0.25, 0.3) is 0 Å². The summed E-state index contributed by atoms with van der Waals surface area (Å²) < 4.78 is 47.5. The Morgan fingerprint density at radius 1 is 0.588 bits per heavy atom. The van der Waals surface area contributed by atoms with Crippen LogP contribution < -0.4 is 0 Å². The van der Waals surface area contributed by atoms with Crippen molar-refractivity contribution < 1.29 is 44.9 Å². The van der Waals surface area contributed by atoms with Crippen LogP contribution >= 0.6 is 0 Å². The summed E-state index contributed by atoms with van der Waals surface area (Å²) in [5.74, 6) is -2.65. The van der Waals surface area contributed by atoms with Crippen molar-refractivity contribution in [2.24, 2.45) is 0 Å². The summed E-state index contributed by atoms with van der Waals surface area (Å²) in [5.41, 5.74) is 0. The SMILES string of the molecule is Fc1[c-]c(F)ccc1.Fc1[c-]c(F)ccc1.[Cd+2]. The van der Waals surface area contributed by atoms with Crippen LogP contribution in [0.5, 0.6) is 0 Å². The molecule has 0 saturated carbocycles. The molecule has 0 aromatic heterocycles. The van der Waals surface area contributed by atoms with E-state index in [9.17, 15) is 17.6 Å². The Hall–Kier alpha value is -0.918. The molecule has 0 aliphatic carbocycles. The van der Waals surface area contributed by atoms with Gasteiger partial charge in [-0.1, -0.05) is 0 Å². The van der Waals surface area contributed by atoms with Crippen LogP contribution in [0, 0.1) is 35.4 Å². The molecule has 17 heavy (non-hydrogen) atoms. The maximum Gasteiger partial charge on any atom is 2.00 e. The molecule has 2 rings (SSSR count). The summed E-state index contributed by atoms with van der Waals surface area (Å²) in [6.45, 7) is 0. The van der Waals surface area contributed by atoms with E-state index >= 15 is 0 Å². The minimum atomic E-state index is -0.662. The molecular formula is C12H6CdF4. The molecule has 0 nitrogen and oxygen atoms in total. The van der Waals surface area contributed by atoms with E-state index in [0.717, 1.165) is 24.3 Å². The van der Waals surface area contributed by atoms with Crippen molar-refractivity contribution in [3.05, 3.63) is 71.8 Å². The second-order valence-corrected chi connectivity index (χ2v) is 2.69. The molecule has 0 saturated heterocycles. The maximum atomic E-state index is 11.9. The van der Waals surface area contributed by atoms with Gasteiger partial charge in [-0.15, -0.1) is 36.4 Å². The second-order valence-electron chi connectivity index (χ2n) is 2.69. The molecule has 0 bridgehead atoms. The van der Waals surface area contributed by atoms with Gasteiger partial charge in [0.15, 0.2) is 0 Å². The molecule has 0 unspecified atom stereocenters. The van der Waals surface area contributed by atoms with Crippen molar-refractivity contribution >= 4 is 0 Å². The van der Waals surface area contributed by atoms with Gasteiger partial charge in [0, 0.05) is 23.3 Å². The van der Waals surface area contributed by atoms with Crippen molar-refractivity contribution in [1.29, 1.82) is 0 Å². The summed E-state index contributed by atoms with van der Waals surface area (Å²) in [5, 5.41) is 0. The molecule has 2 aromatic carbocycles. The molecule has 5 heteroatoms. The topological polar surface area (TPSA) is 0 Å². The van der Waals surface area contributed by atoms with Crippen molar-refractivity contribution in [3.63, 3.8) is 0 Å². The van der Waals surface area contributed by atoms with E-state index in [0.29, 0.717) is 0 Å². The number of rotatable bonds is 0. The Bertz CT molecular complexity index is 382. The summed E-state index contributed by atoms with van der Waals surface area (Å²) in [7, 11) is 0. The van der Waals surface area contributed by atoms with Crippen molar-refractivity contribution in [2.75, 3.05) is 0 Å². The first-order chi connectivity index (χ1) is 7.58. The molecule has 0 aliphatic rings. The molecule has 0 fully saturated rings. The molecule has 0 radical (unpaired) electrons. The van der Waals surface area contributed by atoms with E-state index in [2.05, 4.69) is 0 Å². The summed E-state index contributed by atoms with van der Waals surface area (Å²) in [4.78, 5) is 0. The minimum Gasteiger partial charge on any atom is -0.236 e. The van der Waals surface area contributed by atoms with E-state index in [1.54, 1.807) is 0 Å². The van der Waals surface area contributed by atoms with Gasteiger partial charge in [0.25, 0.3) is 0 Å². The minimum absolute atomic E-state index is 0. The van der Waals surface area contributed by atoms with Gasteiger partial charge in [0.2, 0.25) is 0 Å². The second kappa shape index (κ2) is 8.21. The third-order valence-corrected chi connectivity index (χ3v) is 1.45. The van der Waals surface area contributed by atoms with E-state index in [4.69, 9.17) is 0 Å². The van der Waals surface area contributed by atoms with Crippen LogP contribution in [0.3, 0.4) is 0 Å². The van der Waals surface area contributed by atoms with Gasteiger partial charge >= 0.3 is 27.3 Å². The third kappa shape index (κ3) is 7.09. The monoisotopic (exact) mass is 340 g/mol. The van der Waals surface area contributed by atoms with Crippen LogP contribution in [0.4, 0.5) is 17.6 Å². The Kier molecular flexibility index (Phi) is 7.77. The summed E-state index contributed by atoms with van der Waals surface area (Å²) in [6, 6.07) is 10.8. The number of hydrogen-bond acceptors (Lipinski definition) is 0. The van der Waals surface area contributed by atoms with Gasteiger partial charge in [0.1, 0.15) is 0 Å². The fourth-order valence-electron chi connectivity index (χ4n) is 0.829. The van der Waals surface area contributed by atoms with Gasteiger partial charge in [-0.05, 0) is 0 Å². The normalized spacial score (nSPS) is 8.71. The summed E-state index contributed by atoms with van der Waals surface area (Å²) >= 11 is 0. The number of hydrogen-bond donors (Lipinski definition) is 0.